The van der Waals surface area contributed by atoms with Crippen LogP contribution in [0.2, 0.25) is 0 Å². The number of amides is 1. The van der Waals surface area contributed by atoms with Crippen LogP contribution in [0.3, 0.4) is 0 Å². The van der Waals surface area contributed by atoms with Crippen molar-refractivity contribution in [3.63, 3.8) is 0 Å². The van der Waals surface area contributed by atoms with Crippen LogP contribution in [-0.2, 0) is 9.84 Å². The topological polar surface area (TPSA) is 113 Å². The van der Waals surface area contributed by atoms with Gasteiger partial charge in [0.25, 0.3) is 5.91 Å². The third kappa shape index (κ3) is 3.35. The lowest BCUT2D eigenvalue weighted by Crippen LogP contribution is -2.16. The van der Waals surface area contributed by atoms with Crippen LogP contribution >= 0.6 is 0 Å². The van der Waals surface area contributed by atoms with Gasteiger partial charge in [-0.25, -0.2) is 8.42 Å². The molecule has 0 radical (unpaired) electrons. The number of benzene rings is 1. The first-order valence-corrected chi connectivity index (χ1v) is 10.9. The van der Waals surface area contributed by atoms with E-state index in [1.807, 2.05) is 0 Å². The zero-order valence-corrected chi connectivity index (χ0v) is 16.0. The van der Waals surface area contributed by atoms with Gasteiger partial charge in [0.05, 0.1) is 23.8 Å². The number of carbonyl (C=O) groups is 1. The van der Waals surface area contributed by atoms with Crippen LogP contribution in [0.25, 0.3) is 11.5 Å². The van der Waals surface area contributed by atoms with Crippen LogP contribution in [0.1, 0.15) is 23.0 Å². The first-order valence-electron chi connectivity index (χ1n) is 9.03. The van der Waals surface area contributed by atoms with Gasteiger partial charge in [0, 0.05) is 17.8 Å². The fraction of sp³-hybridized carbons (Fsp3) is 0.263. The molecule has 0 bridgehead atoms. The third-order valence-corrected chi connectivity index (χ3v) is 6.68. The van der Waals surface area contributed by atoms with Crippen molar-refractivity contribution in [3.05, 3.63) is 48.4 Å². The van der Waals surface area contributed by atoms with E-state index in [0.29, 0.717) is 35.1 Å². The highest BCUT2D eigenvalue weighted by atomic mass is 32.2. The van der Waals surface area contributed by atoms with Gasteiger partial charge >= 0.3 is 0 Å². The molecule has 0 spiro atoms. The van der Waals surface area contributed by atoms with Gasteiger partial charge in [-0.15, -0.1) is 0 Å². The van der Waals surface area contributed by atoms with E-state index in [-0.39, 0.29) is 30.0 Å². The fourth-order valence-electron chi connectivity index (χ4n) is 3.53. The Morgan fingerprint density at radius 2 is 2.03 bits per heavy atom. The van der Waals surface area contributed by atoms with Gasteiger partial charge in [-0.1, -0.05) is 0 Å². The van der Waals surface area contributed by atoms with Crippen molar-refractivity contribution in [2.24, 2.45) is 0 Å². The summed E-state index contributed by atoms with van der Waals surface area (Å²) in [5, 5.41) is 7.19. The minimum Gasteiger partial charge on any atom is -0.463 e. The average molecular weight is 415 g/mol. The first-order chi connectivity index (χ1) is 14.0. The van der Waals surface area contributed by atoms with E-state index in [2.05, 4.69) is 10.4 Å². The molecule has 29 heavy (non-hydrogen) atoms. The van der Waals surface area contributed by atoms with Gasteiger partial charge in [0.1, 0.15) is 5.69 Å². The first kappa shape index (κ1) is 17.8. The van der Waals surface area contributed by atoms with E-state index in [4.69, 9.17) is 13.9 Å². The summed E-state index contributed by atoms with van der Waals surface area (Å²) in [5.41, 5.74) is 1.27. The van der Waals surface area contributed by atoms with Crippen molar-refractivity contribution in [2.45, 2.75) is 12.5 Å². The molecule has 4 heterocycles. The lowest BCUT2D eigenvalue weighted by molar-refractivity contribution is 0.102. The van der Waals surface area contributed by atoms with Crippen molar-refractivity contribution in [2.75, 3.05) is 23.6 Å². The van der Waals surface area contributed by atoms with Crippen LogP contribution in [0.5, 0.6) is 11.5 Å². The molecule has 2 aromatic heterocycles. The Balaban J connectivity index is 1.45. The number of hydrogen-bond donors (Lipinski definition) is 1. The van der Waals surface area contributed by atoms with Gasteiger partial charge in [-0.2, -0.15) is 5.10 Å². The van der Waals surface area contributed by atoms with E-state index in [9.17, 15) is 13.2 Å². The van der Waals surface area contributed by atoms with Crippen molar-refractivity contribution in [1.29, 1.82) is 0 Å². The van der Waals surface area contributed by atoms with E-state index in [1.165, 1.54) is 6.26 Å². The van der Waals surface area contributed by atoms with E-state index < -0.39 is 15.7 Å². The Morgan fingerprint density at radius 1 is 1.17 bits per heavy atom. The number of carbonyl (C=O) groups excluding carboxylic acids is 1. The highest BCUT2D eigenvalue weighted by Crippen LogP contribution is 2.35. The molecular formula is C19H17N3O6S. The Morgan fingerprint density at radius 3 is 2.79 bits per heavy atom. The predicted molar refractivity (Wildman–Crippen MR) is 103 cm³/mol. The van der Waals surface area contributed by atoms with Crippen molar-refractivity contribution in [3.8, 4) is 23.0 Å². The van der Waals surface area contributed by atoms with Crippen molar-refractivity contribution < 1.29 is 27.1 Å². The number of aromatic nitrogens is 2. The van der Waals surface area contributed by atoms with E-state index in [1.54, 1.807) is 41.1 Å². The normalized spacial score (nSPS) is 19.4. The molecule has 10 heteroatoms. The summed E-state index contributed by atoms with van der Waals surface area (Å²) in [6.45, 7) is 0.147. The number of sulfone groups is 1. The zero-order valence-electron chi connectivity index (χ0n) is 15.2. The SMILES string of the molecule is O=C(Nc1ccc2c(c1)OCO2)c1cc(-c2ccco2)n(C2CCS(=O)(=O)C2)n1. The van der Waals surface area contributed by atoms with Crippen LogP contribution in [0.4, 0.5) is 5.69 Å². The molecule has 1 fully saturated rings. The molecule has 2 aliphatic heterocycles. The molecule has 0 saturated carbocycles. The zero-order chi connectivity index (χ0) is 20.0. The Kier molecular flexibility index (Phi) is 4.09. The number of fused-ring (bicyclic) bond motifs is 1. The Hall–Kier alpha value is -3.27. The standard InChI is InChI=1S/C19H17N3O6S/c23-19(20-12-3-4-17-18(8-12)28-11-27-17)14-9-15(16-2-1-6-26-16)22(21-14)13-5-7-29(24,25)10-13/h1-4,6,8-9,13H,5,7,10-11H2,(H,20,23). The summed E-state index contributed by atoms with van der Waals surface area (Å²) in [6.07, 6.45) is 1.96. The molecule has 5 rings (SSSR count). The average Bonchev–Trinajstić information content (AvgIpc) is 3.46. The third-order valence-electron chi connectivity index (χ3n) is 4.93. The smallest absolute Gasteiger partial charge is 0.276 e. The second kappa shape index (κ2) is 6.66. The highest BCUT2D eigenvalue weighted by Gasteiger charge is 2.32. The molecule has 3 aromatic rings. The molecule has 1 aromatic carbocycles. The van der Waals surface area contributed by atoms with E-state index >= 15 is 0 Å². The van der Waals surface area contributed by atoms with Crippen LogP contribution in [0, 0.1) is 0 Å². The maximum absolute atomic E-state index is 12.8. The highest BCUT2D eigenvalue weighted by molar-refractivity contribution is 7.91. The molecule has 1 amide bonds. The number of ether oxygens (including phenoxy) is 2. The maximum Gasteiger partial charge on any atom is 0.276 e. The summed E-state index contributed by atoms with van der Waals surface area (Å²) in [7, 11) is -3.11. The molecule has 2 aliphatic rings. The molecule has 0 aliphatic carbocycles. The summed E-state index contributed by atoms with van der Waals surface area (Å²) in [5.74, 6) is 1.37. The largest absolute Gasteiger partial charge is 0.463 e. The van der Waals surface area contributed by atoms with Crippen molar-refractivity contribution in [1.82, 2.24) is 9.78 Å². The van der Waals surface area contributed by atoms with Crippen LogP contribution < -0.4 is 14.8 Å². The number of furan rings is 1. The molecule has 1 saturated heterocycles. The minimum absolute atomic E-state index is 0.00832. The summed E-state index contributed by atoms with van der Waals surface area (Å²) < 4.78 is 41.5. The molecule has 1 unspecified atom stereocenters. The maximum atomic E-state index is 12.8. The van der Waals surface area contributed by atoms with Gasteiger partial charge in [-0.3, -0.25) is 9.48 Å². The summed E-state index contributed by atoms with van der Waals surface area (Å²) in [4.78, 5) is 12.8. The van der Waals surface area contributed by atoms with E-state index in [0.717, 1.165) is 0 Å². The van der Waals surface area contributed by atoms with Gasteiger partial charge in [-0.05, 0) is 30.7 Å². The van der Waals surface area contributed by atoms with Gasteiger partial charge in [0.15, 0.2) is 32.8 Å². The summed E-state index contributed by atoms with van der Waals surface area (Å²) in [6, 6.07) is 9.83. The van der Waals surface area contributed by atoms with Gasteiger partial charge < -0.3 is 19.2 Å². The lowest BCUT2D eigenvalue weighted by atomic mass is 10.2. The molecule has 150 valence electrons. The van der Waals surface area contributed by atoms with Crippen LogP contribution in [-0.4, -0.2) is 42.4 Å². The second-order valence-corrected chi connectivity index (χ2v) is 9.14. The predicted octanol–water partition coefficient (Wildman–Crippen LogP) is 2.48. The Labute approximate surface area is 166 Å². The Bertz CT molecular complexity index is 1180. The number of nitrogens with one attached hydrogen (secondary N) is 1. The minimum atomic E-state index is -3.11. The number of hydrogen-bond acceptors (Lipinski definition) is 7. The fourth-order valence-corrected chi connectivity index (χ4v) is 5.22. The quantitative estimate of drug-likeness (QED) is 0.696. The number of rotatable bonds is 4. The molecular weight excluding hydrogens is 398 g/mol. The molecule has 9 nitrogen and oxygen atoms in total. The lowest BCUT2D eigenvalue weighted by Gasteiger charge is -2.11. The molecule has 1 N–H and O–H groups in total. The number of anilines is 1. The summed E-state index contributed by atoms with van der Waals surface area (Å²) >= 11 is 0. The number of nitrogens with zero attached hydrogens (tertiary/aromatic N) is 2. The molecule has 1 atom stereocenters. The van der Waals surface area contributed by atoms with Crippen LogP contribution in [0.15, 0.2) is 47.1 Å². The second-order valence-electron chi connectivity index (χ2n) is 6.92. The van der Waals surface area contributed by atoms with Crippen molar-refractivity contribution >= 4 is 21.4 Å². The monoisotopic (exact) mass is 415 g/mol. The van der Waals surface area contributed by atoms with Gasteiger partial charge in [0.2, 0.25) is 6.79 Å².